The Balaban J connectivity index is 1.65. The predicted octanol–water partition coefficient (Wildman–Crippen LogP) is 2.98. The Hall–Kier alpha value is -3.39. The van der Waals surface area contributed by atoms with Gasteiger partial charge in [-0.1, -0.05) is 51.1 Å². The van der Waals surface area contributed by atoms with E-state index in [-0.39, 0.29) is 42.5 Å². The largest absolute Gasteiger partial charge is 0.508 e. The first-order valence-corrected chi connectivity index (χ1v) is 13.5. The molecule has 4 N–H and O–H groups in total. The number of aryl methyl sites for hydroxylation is 1. The number of nitrogens with zero attached hydrogens (tertiary/aromatic N) is 1. The molecule has 4 unspecified atom stereocenters. The summed E-state index contributed by atoms with van der Waals surface area (Å²) in [5.41, 5.74) is 3.51. The highest BCUT2D eigenvalue weighted by atomic mass is 16.3. The number of hydrogen-bond donors (Lipinski definition) is 4. The molecule has 4 rings (SSSR count). The van der Waals surface area contributed by atoms with Crippen molar-refractivity contribution in [2.45, 2.75) is 84.1 Å². The van der Waals surface area contributed by atoms with Crippen LogP contribution in [-0.4, -0.2) is 52.9 Å². The fourth-order valence-electron chi connectivity index (χ4n) is 5.42. The van der Waals surface area contributed by atoms with Gasteiger partial charge in [-0.25, -0.2) is 0 Å². The van der Waals surface area contributed by atoms with E-state index in [2.05, 4.69) is 28.1 Å². The molecular weight excluding hydrogens is 480 g/mol. The van der Waals surface area contributed by atoms with Gasteiger partial charge in [0, 0.05) is 13.0 Å². The number of aromatic hydroxyl groups is 1. The van der Waals surface area contributed by atoms with Crippen LogP contribution in [0.2, 0.25) is 0 Å². The maximum absolute atomic E-state index is 14.1. The number of hydrogen-bond acceptors (Lipinski definition) is 5. The molecule has 4 atom stereocenters. The molecule has 8 nitrogen and oxygen atoms in total. The monoisotopic (exact) mass is 520 g/mol. The van der Waals surface area contributed by atoms with Crippen molar-refractivity contribution in [3.63, 3.8) is 0 Å². The number of carbonyl (C=O) groups excluding carboxylic acids is 3. The van der Waals surface area contributed by atoms with E-state index in [1.54, 1.807) is 37.1 Å². The van der Waals surface area contributed by atoms with Gasteiger partial charge >= 0.3 is 0 Å². The first kappa shape index (κ1) is 27.6. The maximum atomic E-state index is 14.1. The Morgan fingerprint density at radius 1 is 1.05 bits per heavy atom. The molecule has 8 heteroatoms. The molecule has 0 fully saturated rings. The van der Waals surface area contributed by atoms with Crippen molar-refractivity contribution < 1.29 is 19.5 Å². The average Bonchev–Trinajstić information content (AvgIpc) is 2.89. The lowest BCUT2D eigenvalue weighted by Crippen LogP contribution is -2.62. The van der Waals surface area contributed by atoms with Crippen LogP contribution in [0.25, 0.3) is 0 Å². The van der Waals surface area contributed by atoms with Crippen LogP contribution in [0.15, 0.2) is 42.5 Å². The molecule has 1 aliphatic heterocycles. The number of nitrogens with one attached hydrogen (secondary N) is 3. The lowest BCUT2D eigenvalue weighted by molar-refractivity contribution is -0.147. The zero-order valence-corrected chi connectivity index (χ0v) is 23.0. The van der Waals surface area contributed by atoms with Gasteiger partial charge in [0.2, 0.25) is 17.7 Å². The molecule has 1 aliphatic carbocycles. The van der Waals surface area contributed by atoms with Crippen molar-refractivity contribution in [2.75, 3.05) is 7.05 Å². The Bertz CT molecular complexity index is 1200. The molecule has 0 radical (unpaired) electrons. The molecule has 0 aromatic heterocycles. The van der Waals surface area contributed by atoms with Crippen LogP contribution in [0.1, 0.15) is 68.8 Å². The number of rotatable bonds is 6. The summed E-state index contributed by atoms with van der Waals surface area (Å²) in [6.45, 7) is 7.68. The number of phenolic OH excluding ortho intramolecular Hbond substituents is 1. The molecule has 38 heavy (non-hydrogen) atoms. The normalized spacial score (nSPS) is 20.5. The average molecular weight is 521 g/mol. The minimum Gasteiger partial charge on any atom is -0.508 e. The quantitative estimate of drug-likeness (QED) is 0.468. The van der Waals surface area contributed by atoms with Crippen LogP contribution in [-0.2, 0) is 33.8 Å². The number of likely N-dealkylation sites (N-methyl/N-ethyl adjacent to an activating group) is 1. The Labute approximate surface area is 225 Å². The number of benzene rings is 2. The second-order valence-electron chi connectivity index (χ2n) is 11.6. The Kier molecular flexibility index (Phi) is 8.11. The fourth-order valence-corrected chi connectivity index (χ4v) is 5.42. The van der Waals surface area contributed by atoms with Crippen molar-refractivity contribution in [2.24, 2.45) is 5.41 Å². The van der Waals surface area contributed by atoms with Gasteiger partial charge in [-0.05, 0) is 73.0 Å². The molecule has 0 spiro atoms. The zero-order chi connectivity index (χ0) is 27.6. The highest BCUT2D eigenvalue weighted by Crippen LogP contribution is 2.32. The van der Waals surface area contributed by atoms with Crippen molar-refractivity contribution in [3.05, 3.63) is 64.7 Å². The Morgan fingerprint density at radius 2 is 1.79 bits per heavy atom. The maximum Gasteiger partial charge on any atom is 0.246 e. The lowest BCUT2D eigenvalue weighted by atomic mass is 9.83. The molecule has 3 amide bonds. The van der Waals surface area contributed by atoms with Crippen molar-refractivity contribution in [3.8, 4) is 5.75 Å². The van der Waals surface area contributed by atoms with Gasteiger partial charge in [0.1, 0.15) is 17.8 Å². The minimum absolute atomic E-state index is 0.121. The summed E-state index contributed by atoms with van der Waals surface area (Å²) in [4.78, 5) is 42.4. The molecule has 0 bridgehead atoms. The van der Waals surface area contributed by atoms with Crippen molar-refractivity contribution in [1.82, 2.24) is 20.9 Å². The van der Waals surface area contributed by atoms with Crippen molar-refractivity contribution >= 4 is 17.7 Å². The molecular formula is C30H40N4O4. The van der Waals surface area contributed by atoms with Gasteiger partial charge in [-0.3, -0.25) is 14.4 Å². The molecule has 2 aromatic carbocycles. The van der Waals surface area contributed by atoms with Crippen LogP contribution in [0, 0.1) is 5.41 Å². The third-order valence-corrected chi connectivity index (χ3v) is 7.82. The van der Waals surface area contributed by atoms with Crippen LogP contribution in [0.3, 0.4) is 0 Å². The van der Waals surface area contributed by atoms with Gasteiger partial charge in [0.15, 0.2) is 0 Å². The molecule has 1 heterocycles. The van der Waals surface area contributed by atoms with E-state index in [1.807, 2.05) is 32.9 Å². The van der Waals surface area contributed by atoms with Crippen LogP contribution >= 0.6 is 0 Å². The SMILES string of the molecule is CNC(C)C(=O)NC(C(=O)N1Cc2ccc(O)cc2CC1C(=O)NC1CCCc2ccccc21)C(C)(C)C. The van der Waals surface area contributed by atoms with E-state index in [9.17, 15) is 19.5 Å². The van der Waals surface area contributed by atoms with Gasteiger partial charge in [-0.15, -0.1) is 0 Å². The van der Waals surface area contributed by atoms with Gasteiger partial charge in [0.25, 0.3) is 0 Å². The summed E-state index contributed by atoms with van der Waals surface area (Å²) in [5, 5.41) is 19.2. The first-order valence-electron chi connectivity index (χ1n) is 13.5. The summed E-state index contributed by atoms with van der Waals surface area (Å²) in [5.74, 6) is -0.665. The number of carbonyl (C=O) groups is 3. The van der Waals surface area contributed by atoms with E-state index in [1.165, 1.54) is 5.56 Å². The third-order valence-electron chi connectivity index (χ3n) is 7.82. The third kappa shape index (κ3) is 5.85. The number of amides is 3. The van der Waals surface area contributed by atoms with E-state index < -0.39 is 23.5 Å². The molecule has 2 aromatic rings. The van der Waals surface area contributed by atoms with E-state index in [4.69, 9.17) is 0 Å². The molecule has 2 aliphatic rings. The van der Waals surface area contributed by atoms with Gasteiger partial charge in [-0.2, -0.15) is 0 Å². The summed E-state index contributed by atoms with van der Waals surface area (Å²) >= 11 is 0. The summed E-state index contributed by atoms with van der Waals surface area (Å²) in [6, 6.07) is 11.0. The van der Waals surface area contributed by atoms with Gasteiger partial charge < -0.3 is 26.0 Å². The highest BCUT2D eigenvalue weighted by molar-refractivity contribution is 5.94. The second kappa shape index (κ2) is 11.2. The molecule has 0 saturated heterocycles. The summed E-state index contributed by atoms with van der Waals surface area (Å²) < 4.78 is 0. The van der Waals surface area contributed by atoms with E-state index in [0.29, 0.717) is 0 Å². The highest BCUT2D eigenvalue weighted by Gasteiger charge is 2.42. The Morgan fingerprint density at radius 3 is 2.50 bits per heavy atom. The zero-order valence-electron chi connectivity index (χ0n) is 23.0. The second-order valence-corrected chi connectivity index (χ2v) is 11.6. The number of phenols is 1. The van der Waals surface area contributed by atoms with E-state index in [0.717, 1.165) is 36.0 Å². The fraction of sp³-hybridized carbons (Fsp3) is 0.500. The van der Waals surface area contributed by atoms with Crippen LogP contribution in [0.5, 0.6) is 5.75 Å². The van der Waals surface area contributed by atoms with Crippen LogP contribution < -0.4 is 16.0 Å². The lowest BCUT2D eigenvalue weighted by Gasteiger charge is -2.41. The van der Waals surface area contributed by atoms with Crippen molar-refractivity contribution in [1.29, 1.82) is 0 Å². The smallest absolute Gasteiger partial charge is 0.246 e. The molecule has 204 valence electrons. The standard InChI is InChI=1S/C30H40N4O4/c1-18(31-5)27(36)33-26(30(2,3)4)29(38)34-17-20-13-14-22(35)15-21(20)16-25(34)28(37)32-24-12-8-10-19-9-6-7-11-23(19)24/h6-7,9,11,13-15,18,24-26,31,35H,8,10,12,16-17H2,1-5H3,(H,32,37)(H,33,36). The molecule has 0 saturated carbocycles. The van der Waals surface area contributed by atoms with E-state index >= 15 is 0 Å². The summed E-state index contributed by atoms with van der Waals surface area (Å²) in [7, 11) is 1.69. The first-order chi connectivity index (χ1) is 18.0. The van der Waals surface area contributed by atoms with Crippen LogP contribution in [0.4, 0.5) is 0 Å². The topological polar surface area (TPSA) is 111 Å². The summed E-state index contributed by atoms with van der Waals surface area (Å²) in [6.07, 6.45) is 3.09. The van der Waals surface area contributed by atoms with Gasteiger partial charge in [0.05, 0.1) is 12.1 Å². The number of fused-ring (bicyclic) bond motifs is 2. The minimum atomic E-state index is -0.824. The predicted molar refractivity (Wildman–Crippen MR) is 146 cm³/mol.